The van der Waals surface area contributed by atoms with Crippen molar-refractivity contribution in [1.82, 2.24) is 10.3 Å². The Hall–Kier alpha value is -3.94. The van der Waals surface area contributed by atoms with Crippen molar-refractivity contribution in [1.29, 1.82) is 0 Å². The number of amides is 1. The monoisotopic (exact) mass is 405 g/mol. The number of hydrogen-bond donors (Lipinski definition) is 2. The van der Waals surface area contributed by atoms with Gasteiger partial charge >= 0.3 is 0 Å². The van der Waals surface area contributed by atoms with E-state index in [0.29, 0.717) is 11.5 Å². The van der Waals surface area contributed by atoms with Crippen molar-refractivity contribution in [3.8, 4) is 23.0 Å². The molecule has 4 heteroatoms. The molecule has 0 aliphatic rings. The van der Waals surface area contributed by atoms with E-state index in [9.17, 15) is 4.79 Å². The third-order valence-corrected chi connectivity index (χ3v) is 5.15. The lowest BCUT2D eigenvalue weighted by atomic mass is 9.97. The van der Waals surface area contributed by atoms with E-state index in [4.69, 9.17) is 4.98 Å². The van der Waals surface area contributed by atoms with Gasteiger partial charge in [0.15, 0.2) is 0 Å². The first-order valence-corrected chi connectivity index (χ1v) is 10.2. The smallest absolute Gasteiger partial charge is 0.242 e. The van der Waals surface area contributed by atoms with Crippen molar-refractivity contribution < 1.29 is 4.79 Å². The first-order valence-electron chi connectivity index (χ1n) is 10.2. The van der Waals surface area contributed by atoms with Crippen LogP contribution in [0.4, 0.5) is 5.82 Å². The molecule has 0 aliphatic carbocycles. The number of likely N-dealkylation sites (N-methyl/N-ethyl adjacent to an activating group) is 1. The summed E-state index contributed by atoms with van der Waals surface area (Å²) in [6.07, 6.45) is 0. The minimum Gasteiger partial charge on any atom is -0.309 e. The summed E-state index contributed by atoms with van der Waals surface area (Å²) in [7, 11) is 1.75. The van der Waals surface area contributed by atoms with Crippen LogP contribution in [-0.4, -0.2) is 24.0 Å². The highest BCUT2D eigenvalue weighted by Crippen LogP contribution is 2.31. The second-order valence-electron chi connectivity index (χ2n) is 7.24. The Morgan fingerprint density at radius 2 is 1.58 bits per heavy atom. The number of hydrogen-bond acceptors (Lipinski definition) is 3. The summed E-state index contributed by atoms with van der Waals surface area (Å²) >= 11 is 0. The Morgan fingerprint density at radius 1 is 0.839 bits per heavy atom. The van der Waals surface area contributed by atoms with Gasteiger partial charge in [-0.2, -0.15) is 0 Å². The Bertz CT molecular complexity index is 1280. The molecule has 31 heavy (non-hydrogen) atoms. The maximum Gasteiger partial charge on any atom is 0.242 e. The predicted molar refractivity (Wildman–Crippen MR) is 127 cm³/mol. The predicted octanol–water partition coefficient (Wildman–Crippen LogP) is 4.85. The van der Waals surface area contributed by atoms with Crippen LogP contribution in [0.15, 0.2) is 84.9 Å². The van der Waals surface area contributed by atoms with E-state index in [1.54, 1.807) is 14.0 Å². The molecule has 4 aromatic rings. The lowest BCUT2D eigenvalue weighted by Crippen LogP contribution is -2.35. The van der Waals surface area contributed by atoms with Gasteiger partial charge in [-0.25, -0.2) is 4.98 Å². The van der Waals surface area contributed by atoms with Gasteiger partial charge in [0.2, 0.25) is 5.91 Å². The van der Waals surface area contributed by atoms with Crippen molar-refractivity contribution >= 4 is 22.5 Å². The largest absolute Gasteiger partial charge is 0.309 e. The summed E-state index contributed by atoms with van der Waals surface area (Å²) in [5.74, 6) is 6.75. The van der Waals surface area contributed by atoms with Gasteiger partial charge in [0.05, 0.1) is 6.04 Å². The number of anilines is 1. The van der Waals surface area contributed by atoms with Crippen LogP contribution in [0.2, 0.25) is 0 Å². The lowest BCUT2D eigenvalue weighted by molar-refractivity contribution is -0.117. The molecule has 0 spiro atoms. The van der Waals surface area contributed by atoms with Crippen LogP contribution in [0, 0.1) is 11.8 Å². The van der Waals surface area contributed by atoms with Crippen LogP contribution in [0.3, 0.4) is 0 Å². The number of aromatic nitrogens is 1. The van der Waals surface area contributed by atoms with Crippen LogP contribution >= 0.6 is 0 Å². The minimum atomic E-state index is -0.321. The molecule has 0 bridgehead atoms. The molecular weight excluding hydrogens is 382 g/mol. The molecule has 1 heterocycles. The van der Waals surface area contributed by atoms with Gasteiger partial charge in [0.25, 0.3) is 0 Å². The van der Waals surface area contributed by atoms with Crippen molar-refractivity contribution in [3.05, 3.63) is 96.2 Å². The fourth-order valence-electron chi connectivity index (χ4n) is 3.32. The van der Waals surface area contributed by atoms with E-state index in [1.165, 1.54) is 0 Å². The molecule has 0 fully saturated rings. The first-order chi connectivity index (χ1) is 15.2. The van der Waals surface area contributed by atoms with E-state index in [2.05, 4.69) is 46.7 Å². The Labute approximate surface area is 182 Å². The Kier molecular flexibility index (Phi) is 6.07. The summed E-state index contributed by atoms with van der Waals surface area (Å²) < 4.78 is 0. The molecule has 152 valence electrons. The number of fused-ring (bicyclic) bond motifs is 1. The Morgan fingerprint density at radius 3 is 2.39 bits per heavy atom. The van der Waals surface area contributed by atoms with Crippen LogP contribution in [0.1, 0.15) is 18.2 Å². The molecule has 0 saturated heterocycles. The number of nitrogens with one attached hydrogen (secondary N) is 2. The lowest BCUT2D eigenvalue weighted by Gasteiger charge is -2.13. The molecule has 1 aromatic heterocycles. The maximum atomic E-state index is 12.3. The van der Waals surface area contributed by atoms with Crippen LogP contribution in [-0.2, 0) is 4.79 Å². The van der Waals surface area contributed by atoms with Gasteiger partial charge < -0.3 is 10.6 Å². The standard InChI is InChI=1S/C27H23N3O/c1-19(28-2)27(31)30-26-18-16-24(23-14-8-12-21-11-6-7-13-22(21)23)25(29-26)17-15-20-9-4-3-5-10-20/h3-14,16,18-19,28H,1-2H3,(H,29,30,31). The molecule has 3 aromatic carbocycles. The molecule has 0 aliphatic heterocycles. The van der Waals surface area contributed by atoms with Crippen LogP contribution < -0.4 is 10.6 Å². The fraction of sp³-hybridized carbons (Fsp3) is 0.111. The fourth-order valence-corrected chi connectivity index (χ4v) is 3.32. The molecule has 1 atom stereocenters. The van der Waals surface area contributed by atoms with Gasteiger partial charge in [0, 0.05) is 11.1 Å². The number of nitrogens with zero attached hydrogens (tertiary/aromatic N) is 1. The van der Waals surface area contributed by atoms with E-state index in [1.807, 2.05) is 60.7 Å². The van der Waals surface area contributed by atoms with Gasteiger partial charge in [-0.1, -0.05) is 66.6 Å². The maximum absolute atomic E-state index is 12.3. The molecule has 4 nitrogen and oxygen atoms in total. The quantitative estimate of drug-likeness (QED) is 0.477. The highest BCUT2D eigenvalue weighted by molar-refractivity contribution is 5.98. The third kappa shape index (κ3) is 4.63. The number of carbonyl (C=O) groups excluding carboxylic acids is 1. The van der Waals surface area contributed by atoms with Gasteiger partial charge in [-0.3, -0.25) is 4.79 Å². The van der Waals surface area contributed by atoms with E-state index in [0.717, 1.165) is 27.5 Å². The number of carbonyl (C=O) groups is 1. The molecule has 0 saturated carbocycles. The second-order valence-corrected chi connectivity index (χ2v) is 7.24. The van der Waals surface area contributed by atoms with Gasteiger partial charge in [0.1, 0.15) is 11.5 Å². The highest BCUT2D eigenvalue weighted by Gasteiger charge is 2.14. The van der Waals surface area contributed by atoms with Gasteiger partial charge in [-0.05, 0) is 60.5 Å². The SMILES string of the molecule is CNC(C)C(=O)Nc1ccc(-c2cccc3ccccc23)c(C#Cc2ccccc2)n1. The van der Waals surface area contributed by atoms with Crippen molar-refractivity contribution in [2.75, 3.05) is 12.4 Å². The molecule has 2 N–H and O–H groups in total. The topological polar surface area (TPSA) is 54.0 Å². The van der Waals surface area contributed by atoms with Crippen LogP contribution in [0.5, 0.6) is 0 Å². The van der Waals surface area contributed by atoms with Crippen molar-refractivity contribution in [2.45, 2.75) is 13.0 Å². The van der Waals surface area contributed by atoms with Gasteiger partial charge in [-0.15, -0.1) is 0 Å². The van der Waals surface area contributed by atoms with E-state index >= 15 is 0 Å². The normalized spacial score (nSPS) is 11.4. The third-order valence-electron chi connectivity index (χ3n) is 5.15. The zero-order valence-electron chi connectivity index (χ0n) is 17.5. The molecule has 0 radical (unpaired) electrons. The second kappa shape index (κ2) is 9.25. The summed E-state index contributed by atoms with van der Waals surface area (Å²) in [6.45, 7) is 1.80. The summed E-state index contributed by atoms with van der Waals surface area (Å²) in [5, 5.41) is 8.09. The van der Waals surface area contributed by atoms with Crippen LogP contribution in [0.25, 0.3) is 21.9 Å². The molecule has 4 rings (SSSR count). The summed E-state index contributed by atoms with van der Waals surface area (Å²) in [4.78, 5) is 17.0. The zero-order valence-corrected chi connectivity index (χ0v) is 17.5. The molecule has 1 amide bonds. The molecule has 1 unspecified atom stereocenters. The Balaban J connectivity index is 1.82. The first kappa shape index (κ1) is 20.3. The van der Waals surface area contributed by atoms with E-state index < -0.39 is 0 Å². The zero-order chi connectivity index (χ0) is 21.6. The minimum absolute atomic E-state index is 0.144. The molecular formula is C27H23N3O. The highest BCUT2D eigenvalue weighted by atomic mass is 16.2. The number of pyridine rings is 1. The summed E-state index contributed by atoms with van der Waals surface area (Å²) in [5.41, 5.74) is 3.52. The number of benzene rings is 3. The average molecular weight is 406 g/mol. The average Bonchev–Trinajstić information content (AvgIpc) is 2.82. The number of rotatable bonds is 4. The summed E-state index contributed by atoms with van der Waals surface area (Å²) in [6, 6.07) is 27.7. The van der Waals surface area contributed by atoms with E-state index in [-0.39, 0.29) is 11.9 Å². The van der Waals surface area contributed by atoms with Crippen molar-refractivity contribution in [3.63, 3.8) is 0 Å². The van der Waals surface area contributed by atoms with Crippen molar-refractivity contribution in [2.24, 2.45) is 0 Å².